The lowest BCUT2D eigenvalue weighted by Crippen LogP contribution is -2.45. The SMILES string of the molecule is CCCC1=NC2(CCOC2)C(=O)N1Cc1ccc(-c2cc(-c3cccc(C)c3)ccc2-c2nn[nH]n2)cc1.CCCC1=NC2(CCOC2)C(=O)N1Cc1ccc(-c2cc(-c3ccccc3)ccc2-c2cn[nH]n2)cc1.CCCCC1=NC2(CCOCC2)C(=O)N1Cc1ccc(-c2cc(-c3ccccc3C)ccc2-c2nn[nH]n2)cc1. The maximum atomic E-state index is 13.7. The highest BCUT2D eigenvalue weighted by Gasteiger charge is 2.52. The molecule has 582 valence electrons. The van der Waals surface area contributed by atoms with Crippen LogP contribution >= 0.6 is 0 Å². The third kappa shape index (κ3) is 16.2. The van der Waals surface area contributed by atoms with Gasteiger partial charge in [0.1, 0.15) is 28.7 Å². The van der Waals surface area contributed by atoms with Crippen molar-refractivity contribution in [2.75, 3.05) is 39.6 Å². The Morgan fingerprint density at radius 2 is 0.809 bits per heavy atom. The van der Waals surface area contributed by atoms with Gasteiger partial charge in [0.2, 0.25) is 11.6 Å². The Labute approximate surface area is 668 Å². The molecule has 0 aliphatic carbocycles. The Bertz CT molecular complexity index is 5520. The van der Waals surface area contributed by atoms with Gasteiger partial charge in [-0.1, -0.05) is 209 Å². The van der Waals surface area contributed by atoms with Crippen LogP contribution in [0.15, 0.2) is 227 Å². The van der Waals surface area contributed by atoms with E-state index < -0.39 is 16.6 Å². The van der Waals surface area contributed by atoms with E-state index >= 15 is 0 Å². The molecule has 23 nitrogen and oxygen atoms in total. The molecule has 3 N–H and O–H groups in total. The summed E-state index contributed by atoms with van der Waals surface area (Å²) >= 11 is 0. The second-order valence-electron chi connectivity index (χ2n) is 30.4. The third-order valence-electron chi connectivity index (χ3n) is 22.6. The predicted molar refractivity (Wildman–Crippen MR) is 446 cm³/mol. The van der Waals surface area contributed by atoms with Gasteiger partial charge in [0.05, 0.1) is 39.0 Å². The van der Waals surface area contributed by atoms with Gasteiger partial charge in [0, 0.05) is 88.1 Å². The Morgan fingerprint density at radius 1 is 0.374 bits per heavy atom. The van der Waals surface area contributed by atoms with Crippen molar-refractivity contribution in [1.29, 1.82) is 0 Å². The third-order valence-corrected chi connectivity index (χ3v) is 22.6. The van der Waals surface area contributed by atoms with Gasteiger partial charge in [-0.2, -0.15) is 25.8 Å². The monoisotopic (exact) mass is 1530 g/mol. The van der Waals surface area contributed by atoms with Crippen molar-refractivity contribution in [3.8, 4) is 101 Å². The number of hydrogen-bond donors (Lipinski definition) is 3. The fourth-order valence-electron chi connectivity index (χ4n) is 16.3. The van der Waals surface area contributed by atoms with Crippen LogP contribution in [0.3, 0.4) is 0 Å². The van der Waals surface area contributed by atoms with Crippen LogP contribution in [-0.4, -0.2) is 163 Å². The number of aryl methyl sites for hydroxylation is 2. The molecule has 12 aromatic rings. The first-order chi connectivity index (χ1) is 56.3. The number of unbranched alkanes of at least 4 members (excludes halogenated alkanes) is 1. The summed E-state index contributed by atoms with van der Waals surface area (Å²) in [7, 11) is 0. The summed E-state index contributed by atoms with van der Waals surface area (Å²) in [5, 5.41) is 40.7. The zero-order chi connectivity index (χ0) is 78.9. The van der Waals surface area contributed by atoms with Crippen molar-refractivity contribution in [2.24, 2.45) is 15.0 Å². The lowest BCUT2D eigenvalue weighted by atomic mass is 9.90. The van der Waals surface area contributed by atoms with Gasteiger partial charge >= 0.3 is 0 Å². The maximum absolute atomic E-state index is 13.7. The van der Waals surface area contributed by atoms with Crippen LogP contribution < -0.4 is 0 Å². The summed E-state index contributed by atoms with van der Waals surface area (Å²) in [4.78, 5) is 60.8. The molecular weight excluding hydrogens is 1440 g/mol. The van der Waals surface area contributed by atoms with Crippen LogP contribution in [0.25, 0.3) is 101 Å². The molecule has 115 heavy (non-hydrogen) atoms. The first-order valence-electron chi connectivity index (χ1n) is 40.0. The minimum atomic E-state index is -0.722. The van der Waals surface area contributed by atoms with Crippen molar-refractivity contribution in [3.63, 3.8) is 0 Å². The fourth-order valence-corrected chi connectivity index (χ4v) is 16.3. The number of aliphatic imine (C=N–C) groups is 3. The van der Waals surface area contributed by atoms with E-state index in [9.17, 15) is 14.4 Å². The molecule has 3 aromatic heterocycles. The number of carbonyl (C=O) groups is 3. The molecule has 9 heterocycles. The molecule has 3 amide bonds. The second-order valence-corrected chi connectivity index (χ2v) is 30.4. The number of ether oxygens (including phenoxy) is 3. The van der Waals surface area contributed by atoms with E-state index in [1.165, 1.54) is 16.7 Å². The Morgan fingerprint density at radius 3 is 1.29 bits per heavy atom. The Kier molecular flexibility index (Phi) is 22.7. The van der Waals surface area contributed by atoms with Gasteiger partial charge in [-0.15, -0.1) is 20.4 Å². The molecular formula is C92H93N17O6. The molecule has 0 saturated carbocycles. The van der Waals surface area contributed by atoms with E-state index in [1.807, 2.05) is 39.0 Å². The number of hydrogen-bond acceptors (Lipinski definition) is 17. The molecule has 0 radical (unpaired) electrons. The standard InChI is InChI=1S/C32H34N6O2.C30H30N6O2.C30H29N5O2/c1-3-4-9-29-33-32(16-18-40-19-17-32)31(39)38(29)21-23-10-12-24(13-11-23)28-20-25(26-8-6-5-7-22(26)2)14-15-27(28)30-34-36-37-35-30;1-3-5-27-31-30(14-15-38-19-30)29(37)36(27)18-21-8-10-22(11-9-21)26-17-24(23-7-4-6-20(2)16-23)12-13-25(26)28-32-34-35-33-28;1-2-6-28-32-30(15-16-37-20-30)29(36)35(28)19-21-9-11-23(12-10-21)26-17-24(22-7-4-3-5-8-22)13-14-25(26)27-18-31-34-33-27/h5-8,10-15,20H,3-4,9,16-19,21H2,1-2H3,(H,34,35,36,37);4,6-13,16-17H,3,5,14-15,18-19H2,1-2H3,(H,32,33,34,35);3-5,7-14,17-18H,2,6,15-16,19-20H2,1H3,(H,31,33,34). The van der Waals surface area contributed by atoms with E-state index in [-0.39, 0.29) is 17.7 Å². The summed E-state index contributed by atoms with van der Waals surface area (Å²) in [6.45, 7) is 15.3. The summed E-state index contributed by atoms with van der Waals surface area (Å²) in [5.74, 6) is 4.03. The van der Waals surface area contributed by atoms with Crippen molar-refractivity contribution >= 4 is 35.2 Å². The number of amides is 3. The molecule has 0 bridgehead atoms. The molecule has 6 aliphatic rings. The van der Waals surface area contributed by atoms with Crippen LogP contribution in [0.1, 0.15) is 119 Å². The van der Waals surface area contributed by atoms with Gasteiger partial charge in [0.15, 0.2) is 11.1 Å². The number of nitrogens with one attached hydrogen (secondary N) is 3. The normalized spacial score (nSPS) is 18.1. The van der Waals surface area contributed by atoms with Crippen LogP contribution in [-0.2, 0) is 48.2 Å². The number of rotatable bonds is 22. The topological polar surface area (TPSA) is 276 Å². The lowest BCUT2D eigenvalue weighted by Gasteiger charge is -2.29. The lowest BCUT2D eigenvalue weighted by molar-refractivity contribution is -0.135. The summed E-state index contributed by atoms with van der Waals surface area (Å²) in [5.41, 5.74) is 20.3. The molecule has 3 fully saturated rings. The number of aromatic nitrogens is 11. The van der Waals surface area contributed by atoms with Gasteiger partial charge < -0.3 is 14.2 Å². The summed E-state index contributed by atoms with van der Waals surface area (Å²) in [6, 6.07) is 71.5. The zero-order valence-corrected chi connectivity index (χ0v) is 65.6. The van der Waals surface area contributed by atoms with E-state index in [2.05, 4.69) is 273 Å². The largest absolute Gasteiger partial charge is 0.381 e. The van der Waals surface area contributed by atoms with Crippen LogP contribution in [0, 0.1) is 13.8 Å². The zero-order valence-electron chi connectivity index (χ0n) is 65.6. The van der Waals surface area contributed by atoms with E-state index in [4.69, 9.17) is 29.2 Å². The van der Waals surface area contributed by atoms with Crippen LogP contribution in [0.2, 0.25) is 0 Å². The van der Waals surface area contributed by atoms with Gasteiger partial charge in [0.25, 0.3) is 17.7 Å². The summed E-state index contributed by atoms with van der Waals surface area (Å²) < 4.78 is 16.7. The van der Waals surface area contributed by atoms with Crippen molar-refractivity contribution in [3.05, 3.63) is 240 Å². The number of nitrogens with zero attached hydrogens (tertiary/aromatic N) is 14. The minimum absolute atomic E-state index is 0.0628. The van der Waals surface area contributed by atoms with E-state index in [1.54, 1.807) is 6.20 Å². The fraction of sp³-hybridized carbons (Fsp3) is 0.304. The van der Waals surface area contributed by atoms with Crippen molar-refractivity contribution < 1.29 is 28.6 Å². The van der Waals surface area contributed by atoms with Gasteiger partial charge in [-0.25, -0.2) is 0 Å². The highest BCUT2D eigenvalue weighted by Crippen LogP contribution is 2.42. The van der Waals surface area contributed by atoms with E-state index in [0.717, 1.165) is 163 Å². The molecule has 9 aromatic carbocycles. The first-order valence-corrected chi connectivity index (χ1v) is 40.0. The average molecular weight is 1530 g/mol. The number of carbonyl (C=O) groups excluding carboxylic acids is 3. The summed E-state index contributed by atoms with van der Waals surface area (Å²) in [6.07, 6.45) is 10.7. The number of tetrazole rings is 2. The van der Waals surface area contributed by atoms with Crippen molar-refractivity contribution in [2.45, 2.75) is 141 Å². The van der Waals surface area contributed by atoms with Crippen LogP contribution in [0.5, 0.6) is 0 Å². The molecule has 2 unspecified atom stereocenters. The average Bonchev–Trinajstić information content (AvgIpc) is 1.68. The van der Waals surface area contributed by atoms with Gasteiger partial charge in [-0.05, 0) is 163 Å². The highest BCUT2D eigenvalue weighted by atomic mass is 16.5. The minimum Gasteiger partial charge on any atom is -0.381 e. The predicted octanol–water partition coefficient (Wildman–Crippen LogP) is 16.7. The molecule has 6 aliphatic heterocycles. The molecule has 2 atom stereocenters. The molecule has 3 saturated heterocycles. The number of H-pyrrole nitrogens is 3. The molecule has 23 heteroatoms. The van der Waals surface area contributed by atoms with Crippen LogP contribution in [0.4, 0.5) is 0 Å². The number of aromatic amines is 3. The maximum Gasteiger partial charge on any atom is 0.258 e. The Balaban J connectivity index is 0.000000130. The quantitative estimate of drug-likeness (QED) is 0.0569. The second kappa shape index (κ2) is 34.1. The highest BCUT2D eigenvalue weighted by molar-refractivity contribution is 6.10. The smallest absolute Gasteiger partial charge is 0.258 e. The van der Waals surface area contributed by atoms with Gasteiger partial charge in [-0.3, -0.25) is 44.1 Å². The molecule has 3 spiro atoms. The molecule has 18 rings (SSSR count). The van der Waals surface area contributed by atoms with Crippen molar-refractivity contribution in [1.82, 2.24) is 71.4 Å². The number of amidine groups is 3. The number of benzene rings is 9. The first kappa shape index (κ1) is 76.5. The Hall–Kier alpha value is -12.4. The van der Waals surface area contributed by atoms with E-state index in [0.29, 0.717) is 96.6 Å².